The van der Waals surface area contributed by atoms with Crippen molar-refractivity contribution >= 4 is 23.2 Å². The van der Waals surface area contributed by atoms with Gasteiger partial charge in [-0.3, -0.25) is 9.59 Å². The van der Waals surface area contributed by atoms with Gasteiger partial charge >= 0.3 is 0 Å². The Balaban J connectivity index is 1.61. The van der Waals surface area contributed by atoms with Crippen LogP contribution in [0.15, 0.2) is 60.7 Å². The van der Waals surface area contributed by atoms with Crippen molar-refractivity contribution < 1.29 is 14.3 Å². The second-order valence-corrected chi connectivity index (χ2v) is 7.86. The van der Waals surface area contributed by atoms with Gasteiger partial charge in [0.05, 0.1) is 0 Å². The SMILES string of the molecule is Cc1ccc(NC(=O)c2ccc(O[C@H](C)C(=O)Nc3cc(C)ccc3C)cc2)c(C)c1. The lowest BCUT2D eigenvalue weighted by Gasteiger charge is -2.16. The molecule has 0 saturated heterocycles. The number of rotatable bonds is 6. The first-order valence-electron chi connectivity index (χ1n) is 10.3. The predicted octanol–water partition coefficient (Wildman–Crippen LogP) is 5.58. The highest BCUT2D eigenvalue weighted by Crippen LogP contribution is 2.20. The Morgan fingerprint density at radius 1 is 0.742 bits per heavy atom. The van der Waals surface area contributed by atoms with Crippen molar-refractivity contribution in [2.24, 2.45) is 0 Å². The van der Waals surface area contributed by atoms with Gasteiger partial charge < -0.3 is 15.4 Å². The number of anilines is 2. The van der Waals surface area contributed by atoms with E-state index in [4.69, 9.17) is 4.74 Å². The molecule has 0 fully saturated rings. The molecule has 31 heavy (non-hydrogen) atoms. The smallest absolute Gasteiger partial charge is 0.265 e. The van der Waals surface area contributed by atoms with E-state index in [-0.39, 0.29) is 11.8 Å². The van der Waals surface area contributed by atoms with Crippen LogP contribution < -0.4 is 15.4 Å². The second kappa shape index (κ2) is 9.47. The maximum Gasteiger partial charge on any atom is 0.265 e. The number of carbonyl (C=O) groups is 2. The van der Waals surface area contributed by atoms with E-state index in [1.54, 1.807) is 31.2 Å². The minimum Gasteiger partial charge on any atom is -0.481 e. The lowest BCUT2D eigenvalue weighted by atomic mass is 10.1. The zero-order valence-electron chi connectivity index (χ0n) is 18.6. The summed E-state index contributed by atoms with van der Waals surface area (Å²) in [4.78, 5) is 25.1. The number of carbonyl (C=O) groups excluding carboxylic acids is 2. The molecule has 1 atom stereocenters. The Kier molecular flexibility index (Phi) is 6.75. The second-order valence-electron chi connectivity index (χ2n) is 7.86. The average Bonchev–Trinajstić information content (AvgIpc) is 2.73. The van der Waals surface area contributed by atoms with Crippen LogP contribution in [-0.2, 0) is 4.79 Å². The zero-order chi connectivity index (χ0) is 22.5. The third-order valence-electron chi connectivity index (χ3n) is 5.08. The fourth-order valence-electron chi connectivity index (χ4n) is 3.20. The summed E-state index contributed by atoms with van der Waals surface area (Å²) in [5.41, 5.74) is 6.30. The van der Waals surface area contributed by atoms with E-state index in [1.807, 2.05) is 64.1 Å². The molecule has 0 heterocycles. The van der Waals surface area contributed by atoms with Crippen LogP contribution in [0.5, 0.6) is 5.75 Å². The molecule has 0 aliphatic heterocycles. The highest BCUT2D eigenvalue weighted by Gasteiger charge is 2.16. The standard InChI is InChI=1S/C26H28N2O3/c1-16-7-13-23(19(4)14-16)27-26(30)21-9-11-22(12-10-21)31-20(5)25(29)28-24-15-17(2)6-8-18(24)3/h6-15,20H,1-5H3,(H,27,30)(H,28,29)/t20-/m1/s1. The van der Waals surface area contributed by atoms with Crippen molar-refractivity contribution in [2.75, 3.05) is 10.6 Å². The normalized spacial score (nSPS) is 11.5. The van der Waals surface area contributed by atoms with Crippen LogP contribution in [0.25, 0.3) is 0 Å². The largest absolute Gasteiger partial charge is 0.481 e. The van der Waals surface area contributed by atoms with Gasteiger partial charge in [0.15, 0.2) is 6.10 Å². The first-order chi connectivity index (χ1) is 14.7. The molecule has 3 rings (SSSR count). The molecule has 0 aliphatic rings. The van der Waals surface area contributed by atoms with E-state index in [2.05, 4.69) is 10.6 Å². The Hall–Kier alpha value is -3.60. The third-order valence-corrected chi connectivity index (χ3v) is 5.08. The van der Waals surface area contributed by atoms with E-state index >= 15 is 0 Å². The lowest BCUT2D eigenvalue weighted by molar-refractivity contribution is -0.122. The van der Waals surface area contributed by atoms with Crippen molar-refractivity contribution in [3.8, 4) is 5.75 Å². The molecular formula is C26H28N2O3. The van der Waals surface area contributed by atoms with E-state index in [0.717, 1.165) is 33.6 Å². The molecule has 0 aliphatic carbocycles. The maximum absolute atomic E-state index is 12.5. The molecule has 0 radical (unpaired) electrons. The fraction of sp³-hybridized carbons (Fsp3) is 0.231. The maximum atomic E-state index is 12.5. The average molecular weight is 417 g/mol. The number of aryl methyl sites for hydroxylation is 4. The Bertz CT molecular complexity index is 1100. The molecule has 0 aromatic heterocycles. The Labute approximate surface area is 183 Å². The Morgan fingerprint density at radius 3 is 2.06 bits per heavy atom. The summed E-state index contributed by atoms with van der Waals surface area (Å²) < 4.78 is 5.76. The highest BCUT2D eigenvalue weighted by atomic mass is 16.5. The fourth-order valence-corrected chi connectivity index (χ4v) is 3.20. The monoisotopic (exact) mass is 416 g/mol. The van der Waals surface area contributed by atoms with Crippen molar-refractivity contribution in [3.05, 3.63) is 88.5 Å². The molecule has 2 amide bonds. The molecule has 0 saturated carbocycles. The summed E-state index contributed by atoms with van der Waals surface area (Å²) in [6.45, 7) is 9.60. The Morgan fingerprint density at radius 2 is 1.39 bits per heavy atom. The van der Waals surface area contributed by atoms with Crippen LogP contribution >= 0.6 is 0 Å². The number of ether oxygens (including phenoxy) is 1. The van der Waals surface area contributed by atoms with Crippen LogP contribution in [0, 0.1) is 27.7 Å². The minimum absolute atomic E-state index is 0.195. The van der Waals surface area contributed by atoms with Gasteiger partial charge in [-0.25, -0.2) is 0 Å². The first kappa shape index (κ1) is 22.1. The van der Waals surface area contributed by atoms with E-state index < -0.39 is 6.10 Å². The minimum atomic E-state index is -0.685. The molecule has 3 aromatic carbocycles. The van der Waals surface area contributed by atoms with Gasteiger partial charge in [-0.2, -0.15) is 0 Å². The van der Waals surface area contributed by atoms with Gasteiger partial charge in [-0.05, 0) is 87.7 Å². The number of nitrogens with one attached hydrogen (secondary N) is 2. The van der Waals surface area contributed by atoms with Crippen molar-refractivity contribution in [1.29, 1.82) is 0 Å². The molecule has 0 unspecified atom stereocenters. The third kappa shape index (κ3) is 5.72. The van der Waals surface area contributed by atoms with Crippen molar-refractivity contribution in [3.63, 3.8) is 0 Å². The molecule has 0 bridgehead atoms. The van der Waals surface area contributed by atoms with Gasteiger partial charge in [-0.1, -0.05) is 29.8 Å². The number of benzene rings is 3. The zero-order valence-corrected chi connectivity index (χ0v) is 18.6. The summed E-state index contributed by atoms with van der Waals surface area (Å²) in [5.74, 6) is 0.0938. The van der Waals surface area contributed by atoms with Gasteiger partial charge in [-0.15, -0.1) is 0 Å². The van der Waals surface area contributed by atoms with Crippen LogP contribution in [0.1, 0.15) is 39.5 Å². The van der Waals surface area contributed by atoms with Gasteiger partial charge in [0.25, 0.3) is 11.8 Å². The summed E-state index contributed by atoms with van der Waals surface area (Å²) in [6.07, 6.45) is -0.685. The molecule has 0 spiro atoms. The van der Waals surface area contributed by atoms with E-state index in [0.29, 0.717) is 11.3 Å². The summed E-state index contributed by atoms with van der Waals surface area (Å²) in [7, 11) is 0. The molecule has 2 N–H and O–H groups in total. The number of amides is 2. The molecule has 5 heteroatoms. The van der Waals surface area contributed by atoms with E-state index in [9.17, 15) is 9.59 Å². The van der Waals surface area contributed by atoms with Crippen molar-refractivity contribution in [1.82, 2.24) is 0 Å². The number of hydrogen-bond acceptors (Lipinski definition) is 3. The van der Waals surface area contributed by atoms with Gasteiger partial charge in [0.2, 0.25) is 0 Å². The van der Waals surface area contributed by atoms with E-state index in [1.165, 1.54) is 0 Å². The van der Waals surface area contributed by atoms with Crippen LogP contribution in [0.3, 0.4) is 0 Å². The van der Waals surface area contributed by atoms with Crippen molar-refractivity contribution in [2.45, 2.75) is 40.7 Å². The van der Waals surface area contributed by atoms with Gasteiger partial charge in [0, 0.05) is 16.9 Å². The van der Waals surface area contributed by atoms with Gasteiger partial charge in [0.1, 0.15) is 5.75 Å². The highest BCUT2D eigenvalue weighted by molar-refractivity contribution is 6.04. The number of hydrogen-bond donors (Lipinski definition) is 2. The summed E-state index contributed by atoms with van der Waals surface area (Å²) in [6, 6.07) is 18.5. The molecule has 160 valence electrons. The topological polar surface area (TPSA) is 67.4 Å². The first-order valence-corrected chi connectivity index (χ1v) is 10.3. The predicted molar refractivity (Wildman–Crippen MR) is 125 cm³/mol. The lowest BCUT2D eigenvalue weighted by Crippen LogP contribution is -2.30. The summed E-state index contributed by atoms with van der Waals surface area (Å²) >= 11 is 0. The van der Waals surface area contributed by atoms with Crippen LogP contribution in [-0.4, -0.2) is 17.9 Å². The van der Waals surface area contributed by atoms with Crippen LogP contribution in [0.2, 0.25) is 0 Å². The quantitative estimate of drug-likeness (QED) is 0.551. The molecular weight excluding hydrogens is 388 g/mol. The molecule has 5 nitrogen and oxygen atoms in total. The summed E-state index contributed by atoms with van der Waals surface area (Å²) in [5, 5.41) is 5.83. The molecule has 3 aromatic rings. The van der Waals surface area contributed by atoms with Crippen LogP contribution in [0.4, 0.5) is 11.4 Å².